The number of amides is 1. The van der Waals surface area contributed by atoms with Gasteiger partial charge in [-0.3, -0.25) is 4.79 Å². The summed E-state index contributed by atoms with van der Waals surface area (Å²) >= 11 is 13.9. The van der Waals surface area contributed by atoms with Crippen molar-refractivity contribution in [1.29, 1.82) is 0 Å². The molecule has 0 spiro atoms. The molecule has 1 aromatic heterocycles. The second kappa shape index (κ2) is 14.7. The first-order chi connectivity index (χ1) is 19.5. The molecule has 0 saturated carbocycles. The number of nitrogens with zero attached hydrogens (tertiary/aromatic N) is 2. The molecule has 1 amide bonds. The molecule has 0 radical (unpaired) electrons. The highest BCUT2D eigenvalue weighted by Gasteiger charge is 2.12. The molecule has 40 heavy (non-hydrogen) atoms. The van der Waals surface area contributed by atoms with Gasteiger partial charge in [-0.05, 0) is 60.5 Å². The number of unbranched alkanes of at least 4 members (excludes halogenated alkanes) is 3. The van der Waals surface area contributed by atoms with E-state index in [1.807, 2.05) is 41.8 Å². The highest BCUT2D eigenvalue weighted by molar-refractivity contribution is 7.14. The Kier molecular flexibility index (Phi) is 10.8. The fraction of sp³-hybridized carbons (Fsp3) is 0.233. The van der Waals surface area contributed by atoms with Crippen molar-refractivity contribution in [3.8, 4) is 22.8 Å². The third-order valence-corrected chi connectivity index (χ3v) is 7.21. The molecule has 208 valence electrons. The lowest BCUT2D eigenvalue weighted by atomic mass is 10.1. The minimum Gasteiger partial charge on any atom is -0.493 e. The van der Waals surface area contributed by atoms with Crippen LogP contribution < -0.4 is 20.2 Å². The highest BCUT2D eigenvalue weighted by atomic mass is 35.5. The SMILES string of the molecule is CCCCCCOc1c(Cl)cc(/C=N\NC(=O)c2ccc(-c3csc(Nc4ccc(Cl)cc4)n3)cc2)cc1OC. The predicted molar refractivity (Wildman–Crippen MR) is 165 cm³/mol. The van der Waals surface area contributed by atoms with Crippen LogP contribution in [0.4, 0.5) is 10.8 Å². The van der Waals surface area contributed by atoms with Crippen molar-refractivity contribution in [2.75, 3.05) is 19.0 Å². The molecule has 7 nitrogen and oxygen atoms in total. The lowest BCUT2D eigenvalue weighted by Gasteiger charge is -2.13. The minimum atomic E-state index is -0.337. The number of nitrogens with one attached hydrogen (secondary N) is 2. The van der Waals surface area contributed by atoms with Gasteiger partial charge in [0.15, 0.2) is 16.6 Å². The van der Waals surface area contributed by atoms with Crippen LogP contribution in [0.3, 0.4) is 0 Å². The van der Waals surface area contributed by atoms with E-state index in [0.29, 0.717) is 39.3 Å². The van der Waals surface area contributed by atoms with Gasteiger partial charge in [-0.25, -0.2) is 10.4 Å². The second-order valence-electron chi connectivity index (χ2n) is 8.89. The first kappa shape index (κ1) is 29.4. The molecule has 1 heterocycles. The van der Waals surface area contributed by atoms with E-state index >= 15 is 0 Å². The molecule has 4 rings (SSSR count). The topological polar surface area (TPSA) is 84.8 Å². The summed E-state index contributed by atoms with van der Waals surface area (Å²) in [6.45, 7) is 2.74. The van der Waals surface area contributed by atoms with Gasteiger partial charge in [0.05, 0.1) is 30.6 Å². The van der Waals surface area contributed by atoms with Crippen LogP contribution in [-0.2, 0) is 0 Å². The average molecular weight is 598 g/mol. The molecule has 0 saturated heterocycles. The third kappa shape index (κ3) is 8.21. The fourth-order valence-electron chi connectivity index (χ4n) is 3.80. The zero-order chi connectivity index (χ0) is 28.3. The Balaban J connectivity index is 1.33. The van der Waals surface area contributed by atoms with Gasteiger partial charge in [-0.15, -0.1) is 11.3 Å². The van der Waals surface area contributed by atoms with Crippen molar-refractivity contribution in [1.82, 2.24) is 10.4 Å². The summed E-state index contributed by atoms with van der Waals surface area (Å²) in [6.07, 6.45) is 5.91. The van der Waals surface area contributed by atoms with Gasteiger partial charge >= 0.3 is 0 Å². The van der Waals surface area contributed by atoms with E-state index in [0.717, 1.165) is 41.3 Å². The van der Waals surface area contributed by atoms with E-state index in [2.05, 4.69) is 27.8 Å². The number of methoxy groups -OCH3 is 1. The lowest BCUT2D eigenvalue weighted by molar-refractivity contribution is 0.0955. The van der Waals surface area contributed by atoms with Crippen molar-refractivity contribution in [3.05, 3.63) is 87.2 Å². The first-order valence-electron chi connectivity index (χ1n) is 12.9. The standard InChI is InChI=1S/C30H30Cl2N4O3S/c1-3-4-5-6-15-39-28-25(32)16-20(17-27(28)38-2)18-33-36-29(37)22-9-7-21(8-10-22)26-19-40-30(35-26)34-24-13-11-23(31)12-14-24/h7-14,16-19H,3-6,15H2,1-2H3,(H,34,35)(H,36,37)/b33-18-. The molecule has 0 fully saturated rings. The maximum Gasteiger partial charge on any atom is 0.271 e. The molecule has 0 aliphatic heterocycles. The van der Waals surface area contributed by atoms with Gasteiger partial charge in [-0.2, -0.15) is 5.10 Å². The van der Waals surface area contributed by atoms with Crippen molar-refractivity contribution in [3.63, 3.8) is 0 Å². The number of benzene rings is 3. The maximum atomic E-state index is 12.6. The van der Waals surface area contributed by atoms with Crippen LogP contribution >= 0.6 is 34.5 Å². The lowest BCUT2D eigenvalue weighted by Crippen LogP contribution is -2.17. The first-order valence-corrected chi connectivity index (χ1v) is 14.5. The summed E-state index contributed by atoms with van der Waals surface area (Å²) in [5.74, 6) is 0.686. The van der Waals surface area contributed by atoms with E-state index in [1.165, 1.54) is 24.0 Å². The summed E-state index contributed by atoms with van der Waals surface area (Å²) in [5, 5.41) is 11.2. The number of aromatic nitrogens is 1. The number of hydrazone groups is 1. The van der Waals surface area contributed by atoms with Crippen LogP contribution in [0, 0.1) is 0 Å². The van der Waals surface area contributed by atoms with E-state index < -0.39 is 0 Å². The van der Waals surface area contributed by atoms with E-state index in [4.69, 9.17) is 32.7 Å². The van der Waals surface area contributed by atoms with E-state index in [-0.39, 0.29) is 5.91 Å². The highest BCUT2D eigenvalue weighted by Crippen LogP contribution is 2.36. The van der Waals surface area contributed by atoms with Crippen LogP contribution in [0.1, 0.15) is 48.5 Å². The van der Waals surface area contributed by atoms with E-state index in [1.54, 1.807) is 31.4 Å². The van der Waals surface area contributed by atoms with Crippen LogP contribution in [0.15, 0.2) is 71.1 Å². The zero-order valence-corrected chi connectivity index (χ0v) is 24.6. The Morgan fingerprint density at radius 3 is 2.55 bits per heavy atom. The van der Waals surface area contributed by atoms with Gasteiger partial charge in [0.2, 0.25) is 0 Å². The molecular formula is C30H30Cl2N4O3S. The summed E-state index contributed by atoms with van der Waals surface area (Å²) in [4.78, 5) is 17.3. The van der Waals surface area contributed by atoms with Crippen LogP contribution in [-0.4, -0.2) is 30.8 Å². The number of hydrogen-bond acceptors (Lipinski definition) is 7. The Bertz CT molecular complexity index is 1440. The molecule has 10 heteroatoms. The largest absolute Gasteiger partial charge is 0.493 e. The number of ether oxygens (including phenoxy) is 2. The molecule has 2 N–H and O–H groups in total. The van der Waals surface area contributed by atoms with Gasteiger partial charge in [0.1, 0.15) is 0 Å². The number of rotatable bonds is 13. The Morgan fingerprint density at radius 1 is 1.05 bits per heavy atom. The number of anilines is 2. The number of hydrogen-bond donors (Lipinski definition) is 2. The normalized spacial score (nSPS) is 11.0. The van der Waals surface area contributed by atoms with E-state index in [9.17, 15) is 4.79 Å². The van der Waals surface area contributed by atoms with Gasteiger partial charge < -0.3 is 14.8 Å². The molecule has 3 aromatic carbocycles. The Hall–Kier alpha value is -3.59. The summed E-state index contributed by atoms with van der Waals surface area (Å²) in [7, 11) is 1.56. The Labute approximate surface area is 248 Å². The number of halogens is 2. The quantitative estimate of drug-likeness (QED) is 0.0916. The van der Waals surface area contributed by atoms with Gasteiger partial charge in [0.25, 0.3) is 5.91 Å². The molecular weight excluding hydrogens is 567 g/mol. The third-order valence-electron chi connectivity index (χ3n) is 5.92. The van der Waals surface area contributed by atoms with Crippen LogP contribution in [0.2, 0.25) is 10.0 Å². The summed E-state index contributed by atoms with van der Waals surface area (Å²) in [6, 6.07) is 18.1. The van der Waals surface area contributed by atoms with Gasteiger partial charge in [-0.1, -0.05) is 61.5 Å². The fourth-order valence-corrected chi connectivity index (χ4v) is 4.94. The van der Waals surface area contributed by atoms with Crippen molar-refractivity contribution in [2.24, 2.45) is 5.10 Å². The average Bonchev–Trinajstić information content (AvgIpc) is 3.43. The number of thiazole rings is 1. The Morgan fingerprint density at radius 2 is 1.82 bits per heavy atom. The number of carbonyl (C=O) groups is 1. The maximum absolute atomic E-state index is 12.6. The molecule has 0 bridgehead atoms. The van der Waals surface area contributed by atoms with Crippen molar-refractivity contribution >= 4 is 57.5 Å². The van der Waals surface area contributed by atoms with Crippen molar-refractivity contribution < 1.29 is 14.3 Å². The molecule has 0 atom stereocenters. The second-order valence-corrected chi connectivity index (χ2v) is 10.6. The summed E-state index contributed by atoms with van der Waals surface area (Å²) < 4.78 is 11.3. The molecule has 4 aromatic rings. The summed E-state index contributed by atoms with van der Waals surface area (Å²) in [5.41, 5.74) is 6.30. The van der Waals surface area contributed by atoms with Gasteiger partial charge in [0, 0.05) is 27.2 Å². The van der Waals surface area contributed by atoms with Crippen LogP contribution in [0.25, 0.3) is 11.3 Å². The molecule has 0 aliphatic rings. The monoisotopic (exact) mass is 596 g/mol. The minimum absolute atomic E-state index is 0.337. The van der Waals surface area contributed by atoms with Crippen molar-refractivity contribution in [2.45, 2.75) is 32.6 Å². The number of carbonyl (C=O) groups excluding carboxylic acids is 1. The molecule has 0 aliphatic carbocycles. The van der Waals surface area contributed by atoms with Crippen LogP contribution in [0.5, 0.6) is 11.5 Å². The zero-order valence-electron chi connectivity index (χ0n) is 22.2. The smallest absolute Gasteiger partial charge is 0.271 e. The molecule has 0 unspecified atom stereocenters. The predicted octanol–water partition coefficient (Wildman–Crippen LogP) is 8.59.